The van der Waals surface area contributed by atoms with Crippen LogP contribution < -0.4 is 14.2 Å². The summed E-state index contributed by atoms with van der Waals surface area (Å²) >= 11 is 0. The minimum Gasteiger partial charge on any atom is -0.493 e. The molecule has 132 valence electrons. The lowest BCUT2D eigenvalue weighted by atomic mass is 10.1. The summed E-state index contributed by atoms with van der Waals surface area (Å²) in [5.41, 5.74) is 3.38. The Morgan fingerprint density at radius 1 is 0.960 bits per heavy atom. The topological polar surface area (TPSA) is 61.8 Å². The zero-order chi connectivity index (χ0) is 18.6. The van der Waals surface area contributed by atoms with E-state index < -0.39 is 5.97 Å². The summed E-state index contributed by atoms with van der Waals surface area (Å²) in [4.78, 5) is 23.5. The quantitative estimate of drug-likeness (QED) is 0.454. The Hall–Kier alpha value is -2.82. The highest BCUT2D eigenvalue weighted by Gasteiger charge is 2.14. The van der Waals surface area contributed by atoms with Crippen LogP contribution in [0.3, 0.4) is 0 Å². The summed E-state index contributed by atoms with van der Waals surface area (Å²) in [7, 11) is 1.48. The van der Waals surface area contributed by atoms with Crippen LogP contribution in [0.1, 0.15) is 34.0 Å². The number of methoxy groups -OCH3 is 1. The van der Waals surface area contributed by atoms with Crippen molar-refractivity contribution in [3.8, 4) is 17.2 Å². The van der Waals surface area contributed by atoms with Crippen molar-refractivity contribution in [1.82, 2.24) is 0 Å². The fourth-order valence-corrected chi connectivity index (χ4v) is 2.37. The van der Waals surface area contributed by atoms with Gasteiger partial charge in [-0.2, -0.15) is 0 Å². The van der Waals surface area contributed by atoms with E-state index in [-0.39, 0.29) is 12.4 Å². The van der Waals surface area contributed by atoms with E-state index in [1.165, 1.54) is 14.0 Å². The number of aryl methyl sites for hydroxylation is 2. The number of ketones is 1. The van der Waals surface area contributed by atoms with Crippen LogP contribution in [0.2, 0.25) is 0 Å². The molecule has 0 N–H and O–H groups in total. The maximum Gasteiger partial charge on any atom is 0.349 e. The van der Waals surface area contributed by atoms with Crippen LogP contribution in [0.5, 0.6) is 17.2 Å². The predicted molar refractivity (Wildman–Crippen MR) is 94.8 cm³/mol. The number of esters is 1. The molecule has 0 saturated carbocycles. The van der Waals surface area contributed by atoms with Gasteiger partial charge in [-0.1, -0.05) is 12.1 Å². The van der Waals surface area contributed by atoms with Crippen molar-refractivity contribution in [2.45, 2.75) is 27.7 Å². The third-order valence-electron chi connectivity index (χ3n) is 4.01. The summed E-state index contributed by atoms with van der Waals surface area (Å²) in [6.07, 6.45) is 0. The molecule has 5 heteroatoms. The lowest BCUT2D eigenvalue weighted by molar-refractivity contribution is -0.136. The van der Waals surface area contributed by atoms with E-state index in [2.05, 4.69) is 0 Å². The minimum atomic E-state index is -0.505. The molecule has 5 nitrogen and oxygen atoms in total. The summed E-state index contributed by atoms with van der Waals surface area (Å²) < 4.78 is 16.2. The second-order valence-corrected chi connectivity index (χ2v) is 5.84. The molecule has 2 aromatic rings. The molecular weight excluding hydrogens is 320 g/mol. The maximum absolute atomic E-state index is 12.1. The van der Waals surface area contributed by atoms with Gasteiger partial charge in [0.2, 0.25) is 0 Å². The van der Waals surface area contributed by atoms with Crippen LogP contribution in [0.4, 0.5) is 0 Å². The SMILES string of the molecule is COc1cc(C(C)=O)ccc1OCC(=O)Oc1c(C)ccc(C)c1C. The molecule has 0 aromatic heterocycles. The van der Waals surface area contributed by atoms with Crippen molar-refractivity contribution < 1.29 is 23.8 Å². The number of Topliss-reactive ketones (excluding diaryl/α,β-unsaturated/α-hetero) is 1. The van der Waals surface area contributed by atoms with Gasteiger partial charge in [0, 0.05) is 5.56 Å². The van der Waals surface area contributed by atoms with Gasteiger partial charge in [0.15, 0.2) is 23.9 Å². The van der Waals surface area contributed by atoms with Crippen LogP contribution in [0.15, 0.2) is 30.3 Å². The van der Waals surface area contributed by atoms with Gasteiger partial charge in [-0.15, -0.1) is 0 Å². The molecule has 0 aliphatic rings. The van der Waals surface area contributed by atoms with Gasteiger partial charge in [-0.3, -0.25) is 4.79 Å². The monoisotopic (exact) mass is 342 g/mol. The zero-order valence-electron chi connectivity index (χ0n) is 15.1. The van der Waals surface area contributed by atoms with E-state index >= 15 is 0 Å². The first-order valence-corrected chi connectivity index (χ1v) is 7.92. The number of hydrogen-bond donors (Lipinski definition) is 0. The summed E-state index contributed by atoms with van der Waals surface area (Å²) in [6.45, 7) is 6.97. The molecule has 0 amide bonds. The average molecular weight is 342 g/mol. The van der Waals surface area contributed by atoms with Gasteiger partial charge in [0.05, 0.1) is 7.11 Å². The van der Waals surface area contributed by atoms with Gasteiger partial charge < -0.3 is 14.2 Å². The normalized spacial score (nSPS) is 10.3. The maximum atomic E-state index is 12.1. The Kier molecular flexibility index (Phi) is 5.80. The molecule has 0 heterocycles. The highest BCUT2D eigenvalue weighted by Crippen LogP contribution is 2.29. The Bertz CT molecular complexity index is 808. The smallest absolute Gasteiger partial charge is 0.349 e. The summed E-state index contributed by atoms with van der Waals surface area (Å²) in [6, 6.07) is 8.71. The van der Waals surface area contributed by atoms with Gasteiger partial charge in [-0.25, -0.2) is 4.79 Å². The molecule has 0 aliphatic carbocycles. The Morgan fingerprint density at radius 2 is 1.64 bits per heavy atom. The minimum absolute atomic E-state index is 0.0744. The van der Waals surface area contributed by atoms with E-state index in [9.17, 15) is 9.59 Å². The fourth-order valence-electron chi connectivity index (χ4n) is 2.37. The number of carbonyl (C=O) groups is 2. The van der Waals surface area contributed by atoms with Crippen LogP contribution in [-0.4, -0.2) is 25.5 Å². The number of ether oxygens (including phenoxy) is 3. The Morgan fingerprint density at radius 3 is 2.28 bits per heavy atom. The third kappa shape index (κ3) is 4.38. The lowest BCUT2D eigenvalue weighted by Crippen LogP contribution is -2.19. The molecule has 2 aromatic carbocycles. The highest BCUT2D eigenvalue weighted by atomic mass is 16.6. The van der Waals surface area contributed by atoms with Gasteiger partial charge >= 0.3 is 5.97 Å². The summed E-state index contributed by atoms with van der Waals surface area (Å²) in [5, 5.41) is 0. The molecule has 0 fully saturated rings. The molecule has 2 rings (SSSR count). The number of carbonyl (C=O) groups excluding carboxylic acids is 2. The first kappa shape index (κ1) is 18.5. The third-order valence-corrected chi connectivity index (χ3v) is 4.01. The first-order chi connectivity index (χ1) is 11.8. The van der Waals surface area contributed by atoms with Crippen molar-refractivity contribution >= 4 is 11.8 Å². The van der Waals surface area contributed by atoms with E-state index in [0.29, 0.717) is 22.8 Å². The molecule has 0 radical (unpaired) electrons. The lowest BCUT2D eigenvalue weighted by Gasteiger charge is -2.14. The number of benzene rings is 2. The highest BCUT2D eigenvalue weighted by molar-refractivity contribution is 5.94. The van der Waals surface area contributed by atoms with Crippen molar-refractivity contribution in [1.29, 1.82) is 0 Å². The molecular formula is C20H22O5. The van der Waals surface area contributed by atoms with Gasteiger partial charge in [0.1, 0.15) is 5.75 Å². The largest absolute Gasteiger partial charge is 0.493 e. The zero-order valence-corrected chi connectivity index (χ0v) is 15.1. The van der Waals surface area contributed by atoms with Crippen molar-refractivity contribution in [2.24, 2.45) is 0 Å². The molecule has 25 heavy (non-hydrogen) atoms. The van der Waals surface area contributed by atoms with E-state index in [1.54, 1.807) is 18.2 Å². The van der Waals surface area contributed by atoms with E-state index in [1.807, 2.05) is 32.9 Å². The number of hydrogen-bond acceptors (Lipinski definition) is 5. The van der Waals surface area contributed by atoms with Crippen LogP contribution in [0, 0.1) is 20.8 Å². The second kappa shape index (κ2) is 7.83. The first-order valence-electron chi connectivity index (χ1n) is 7.92. The van der Waals surface area contributed by atoms with Crippen LogP contribution >= 0.6 is 0 Å². The van der Waals surface area contributed by atoms with E-state index in [4.69, 9.17) is 14.2 Å². The van der Waals surface area contributed by atoms with Crippen molar-refractivity contribution in [3.05, 3.63) is 52.6 Å². The second-order valence-electron chi connectivity index (χ2n) is 5.84. The fraction of sp³-hybridized carbons (Fsp3) is 0.300. The van der Waals surface area contributed by atoms with Crippen LogP contribution in [0.25, 0.3) is 0 Å². The molecule has 0 saturated heterocycles. The van der Waals surface area contributed by atoms with Crippen LogP contribution in [-0.2, 0) is 4.79 Å². The molecule has 0 aliphatic heterocycles. The standard InChI is InChI=1S/C20H22O5/c1-12-6-7-13(2)20(14(12)3)25-19(22)11-24-17-9-8-16(15(4)21)10-18(17)23-5/h6-10H,11H2,1-5H3. The van der Waals surface area contributed by atoms with E-state index in [0.717, 1.165) is 16.7 Å². The Balaban J connectivity index is 2.08. The van der Waals surface area contributed by atoms with Gasteiger partial charge in [-0.05, 0) is 62.6 Å². The van der Waals surface area contributed by atoms with Crippen molar-refractivity contribution in [3.63, 3.8) is 0 Å². The molecule has 0 spiro atoms. The van der Waals surface area contributed by atoms with Gasteiger partial charge in [0.25, 0.3) is 0 Å². The molecule has 0 unspecified atom stereocenters. The molecule has 0 bridgehead atoms. The van der Waals surface area contributed by atoms with Crippen molar-refractivity contribution in [2.75, 3.05) is 13.7 Å². The Labute approximate surface area is 147 Å². The number of rotatable bonds is 6. The summed E-state index contributed by atoms with van der Waals surface area (Å²) in [5.74, 6) is 0.752. The molecule has 0 atom stereocenters. The predicted octanol–water partition coefficient (Wildman–Crippen LogP) is 3.81. The average Bonchev–Trinajstić information content (AvgIpc) is 2.59.